The van der Waals surface area contributed by atoms with Crippen LogP contribution in [0, 0.1) is 0 Å². The lowest BCUT2D eigenvalue weighted by molar-refractivity contribution is 0.0953. The summed E-state index contributed by atoms with van der Waals surface area (Å²) in [7, 11) is 0. The fourth-order valence-electron chi connectivity index (χ4n) is 1.21. The first-order valence-corrected chi connectivity index (χ1v) is 7.64. The number of carbonyl (C=O) groups is 1. The molecule has 0 aliphatic rings. The highest BCUT2D eigenvalue weighted by atomic mass is 79.9. The molecule has 0 aliphatic carbocycles. The Morgan fingerprint density at radius 1 is 1.12 bits per heavy atom. The van der Waals surface area contributed by atoms with Gasteiger partial charge in [0.2, 0.25) is 0 Å². The number of amides is 1. The summed E-state index contributed by atoms with van der Waals surface area (Å²) in [5.41, 5.74) is 0.667. The van der Waals surface area contributed by atoms with Crippen LogP contribution in [0.15, 0.2) is 27.1 Å². The zero-order valence-electron chi connectivity index (χ0n) is 8.60. The highest BCUT2D eigenvalue weighted by Gasteiger charge is 2.06. The second-order valence-electron chi connectivity index (χ2n) is 3.31. The molecule has 1 amide bonds. The Morgan fingerprint density at radius 2 is 1.75 bits per heavy atom. The molecule has 0 atom stereocenters. The molecule has 0 saturated heterocycles. The molecule has 0 unspecified atom stereocenters. The van der Waals surface area contributed by atoms with E-state index in [1.807, 2.05) is 18.2 Å². The Balaban J connectivity index is 2.52. The van der Waals surface area contributed by atoms with Crippen molar-refractivity contribution in [3.05, 3.63) is 32.7 Å². The number of hydrogen-bond acceptors (Lipinski definition) is 1. The number of unbranched alkanes of at least 4 members (excludes halogenated alkanes) is 1. The van der Waals surface area contributed by atoms with Gasteiger partial charge in [-0.25, -0.2) is 0 Å². The molecule has 0 spiro atoms. The molecule has 0 aromatic heterocycles. The van der Waals surface area contributed by atoms with Crippen LogP contribution in [-0.4, -0.2) is 17.8 Å². The van der Waals surface area contributed by atoms with Crippen LogP contribution >= 0.6 is 47.8 Å². The van der Waals surface area contributed by atoms with E-state index in [0.29, 0.717) is 12.1 Å². The van der Waals surface area contributed by atoms with Crippen LogP contribution < -0.4 is 5.32 Å². The maximum absolute atomic E-state index is 11.7. The smallest absolute Gasteiger partial charge is 0.251 e. The summed E-state index contributed by atoms with van der Waals surface area (Å²) in [5.74, 6) is -0.0310. The first kappa shape index (κ1) is 14.2. The van der Waals surface area contributed by atoms with Crippen LogP contribution in [0.4, 0.5) is 0 Å². The molecule has 0 saturated carbocycles. The van der Waals surface area contributed by atoms with Crippen molar-refractivity contribution >= 4 is 53.7 Å². The summed E-state index contributed by atoms with van der Waals surface area (Å²) >= 11 is 10.1. The first-order valence-electron chi connectivity index (χ1n) is 4.93. The average Bonchev–Trinajstić information content (AvgIpc) is 2.22. The minimum atomic E-state index is -0.0310. The van der Waals surface area contributed by atoms with Crippen LogP contribution in [0.2, 0.25) is 0 Å². The van der Waals surface area contributed by atoms with Gasteiger partial charge in [0.05, 0.1) is 0 Å². The topological polar surface area (TPSA) is 29.1 Å². The maximum atomic E-state index is 11.7. The Bertz CT molecular complexity index is 348. The molecule has 0 aliphatic heterocycles. The summed E-state index contributed by atoms with van der Waals surface area (Å²) in [6.45, 7) is 0.717. The SMILES string of the molecule is O=C(NCCCCBr)c1cc(Br)cc(Br)c1. The van der Waals surface area contributed by atoms with Crippen molar-refractivity contribution in [3.8, 4) is 0 Å². The second-order valence-corrected chi connectivity index (χ2v) is 5.93. The van der Waals surface area contributed by atoms with Crippen molar-refractivity contribution in [2.75, 3.05) is 11.9 Å². The van der Waals surface area contributed by atoms with Gasteiger partial charge in [0.15, 0.2) is 0 Å². The van der Waals surface area contributed by atoms with Crippen LogP contribution in [0.1, 0.15) is 23.2 Å². The third-order valence-corrected chi connectivity index (χ3v) is 3.45. The lowest BCUT2D eigenvalue weighted by Crippen LogP contribution is -2.24. The van der Waals surface area contributed by atoms with Crippen LogP contribution in [0.25, 0.3) is 0 Å². The number of benzene rings is 1. The minimum absolute atomic E-state index is 0.0310. The third-order valence-electron chi connectivity index (χ3n) is 1.97. The number of halogens is 3. The predicted octanol–water partition coefficient (Wildman–Crippen LogP) is 4.12. The van der Waals surface area contributed by atoms with Crippen molar-refractivity contribution in [3.63, 3.8) is 0 Å². The van der Waals surface area contributed by atoms with Gasteiger partial charge >= 0.3 is 0 Å². The van der Waals surface area contributed by atoms with Crippen molar-refractivity contribution in [2.45, 2.75) is 12.8 Å². The highest BCUT2D eigenvalue weighted by Crippen LogP contribution is 2.19. The van der Waals surface area contributed by atoms with Crippen molar-refractivity contribution < 1.29 is 4.79 Å². The van der Waals surface area contributed by atoms with E-state index < -0.39 is 0 Å². The van der Waals surface area contributed by atoms with E-state index in [1.165, 1.54) is 0 Å². The molecule has 1 aromatic rings. The van der Waals surface area contributed by atoms with Gasteiger partial charge in [-0.1, -0.05) is 47.8 Å². The normalized spacial score (nSPS) is 10.2. The summed E-state index contributed by atoms with van der Waals surface area (Å²) in [6.07, 6.45) is 2.06. The molecule has 16 heavy (non-hydrogen) atoms. The second kappa shape index (κ2) is 7.45. The summed E-state index contributed by atoms with van der Waals surface area (Å²) < 4.78 is 1.79. The lowest BCUT2D eigenvalue weighted by Gasteiger charge is -2.05. The van der Waals surface area contributed by atoms with E-state index in [2.05, 4.69) is 53.1 Å². The number of carbonyl (C=O) groups excluding carboxylic acids is 1. The zero-order valence-corrected chi connectivity index (χ0v) is 13.4. The van der Waals surface area contributed by atoms with E-state index in [1.54, 1.807) is 0 Å². The summed E-state index contributed by atoms with van der Waals surface area (Å²) in [5, 5.41) is 3.86. The van der Waals surface area contributed by atoms with E-state index in [4.69, 9.17) is 0 Å². The quantitative estimate of drug-likeness (QED) is 0.571. The molecule has 0 fully saturated rings. The van der Waals surface area contributed by atoms with E-state index >= 15 is 0 Å². The predicted molar refractivity (Wildman–Crippen MR) is 77.2 cm³/mol. The minimum Gasteiger partial charge on any atom is -0.352 e. The van der Waals surface area contributed by atoms with Crippen LogP contribution in [-0.2, 0) is 0 Å². The fourth-order valence-corrected chi connectivity index (χ4v) is 2.90. The molecule has 0 heterocycles. The highest BCUT2D eigenvalue weighted by molar-refractivity contribution is 9.11. The molecular weight excluding hydrogens is 402 g/mol. The molecule has 0 radical (unpaired) electrons. The monoisotopic (exact) mass is 411 g/mol. The Hall–Kier alpha value is 0.130. The molecule has 1 aromatic carbocycles. The molecule has 2 nitrogen and oxygen atoms in total. The van der Waals surface area contributed by atoms with Crippen LogP contribution in [0.3, 0.4) is 0 Å². The van der Waals surface area contributed by atoms with Gasteiger partial charge < -0.3 is 5.32 Å². The van der Waals surface area contributed by atoms with Gasteiger partial charge in [0, 0.05) is 26.4 Å². The summed E-state index contributed by atoms with van der Waals surface area (Å²) in [4.78, 5) is 11.7. The van der Waals surface area contributed by atoms with Crippen molar-refractivity contribution in [1.82, 2.24) is 5.32 Å². The van der Waals surface area contributed by atoms with Gasteiger partial charge in [-0.15, -0.1) is 0 Å². The van der Waals surface area contributed by atoms with Gasteiger partial charge in [0.25, 0.3) is 5.91 Å². The molecular formula is C11H12Br3NO. The largest absolute Gasteiger partial charge is 0.352 e. The molecule has 1 rings (SSSR count). The van der Waals surface area contributed by atoms with Crippen molar-refractivity contribution in [1.29, 1.82) is 0 Å². The number of nitrogens with one attached hydrogen (secondary N) is 1. The standard InChI is InChI=1S/C11H12Br3NO/c12-3-1-2-4-15-11(16)8-5-9(13)7-10(14)6-8/h5-7H,1-4H2,(H,15,16). The van der Waals surface area contributed by atoms with Gasteiger partial charge in [-0.3, -0.25) is 4.79 Å². The van der Waals surface area contributed by atoms with E-state index in [0.717, 1.165) is 27.1 Å². The number of hydrogen-bond donors (Lipinski definition) is 1. The molecule has 0 bridgehead atoms. The molecule has 1 N–H and O–H groups in total. The lowest BCUT2D eigenvalue weighted by atomic mass is 10.2. The average molecular weight is 414 g/mol. The Morgan fingerprint density at radius 3 is 2.31 bits per heavy atom. The molecule has 88 valence electrons. The van der Waals surface area contributed by atoms with Gasteiger partial charge in [-0.05, 0) is 31.0 Å². The molecule has 5 heteroatoms. The van der Waals surface area contributed by atoms with Crippen LogP contribution in [0.5, 0.6) is 0 Å². The number of alkyl halides is 1. The third kappa shape index (κ3) is 4.97. The number of rotatable bonds is 5. The van der Waals surface area contributed by atoms with E-state index in [-0.39, 0.29) is 5.91 Å². The Kier molecular flexibility index (Phi) is 6.61. The van der Waals surface area contributed by atoms with Crippen molar-refractivity contribution in [2.24, 2.45) is 0 Å². The van der Waals surface area contributed by atoms with Gasteiger partial charge in [0.1, 0.15) is 0 Å². The first-order chi connectivity index (χ1) is 7.63. The van der Waals surface area contributed by atoms with Gasteiger partial charge in [-0.2, -0.15) is 0 Å². The summed E-state index contributed by atoms with van der Waals surface area (Å²) in [6, 6.07) is 5.52. The van der Waals surface area contributed by atoms with E-state index in [9.17, 15) is 4.79 Å². The maximum Gasteiger partial charge on any atom is 0.251 e. The zero-order chi connectivity index (χ0) is 12.0. The fraction of sp³-hybridized carbons (Fsp3) is 0.364. The Labute approximate surface area is 121 Å².